The summed E-state index contributed by atoms with van der Waals surface area (Å²) in [5, 5.41) is 10.1. The summed E-state index contributed by atoms with van der Waals surface area (Å²) < 4.78 is 31.6. The van der Waals surface area contributed by atoms with Crippen molar-refractivity contribution in [3.8, 4) is 5.75 Å². The molecule has 84 valence electrons. The van der Waals surface area contributed by atoms with Gasteiger partial charge < -0.3 is 11.5 Å². The molecule has 0 saturated heterocycles. The van der Waals surface area contributed by atoms with E-state index < -0.39 is 10.4 Å². The SMILES string of the molecule is O=S(=O)(O)O.Oc1c[nH]c2ccccc12.[H-].[K+]. The number of para-hydroxylation sites is 1. The Balaban J connectivity index is 0. The second-order valence-corrected chi connectivity index (χ2v) is 3.56. The van der Waals surface area contributed by atoms with Gasteiger partial charge in [0.05, 0.1) is 0 Å². The molecular formula is C8H10KNO5S. The van der Waals surface area contributed by atoms with E-state index in [9.17, 15) is 5.11 Å². The molecule has 0 atom stereocenters. The fourth-order valence-electron chi connectivity index (χ4n) is 1.06. The van der Waals surface area contributed by atoms with Crippen molar-refractivity contribution in [3.63, 3.8) is 0 Å². The van der Waals surface area contributed by atoms with Gasteiger partial charge >= 0.3 is 61.8 Å². The van der Waals surface area contributed by atoms with Gasteiger partial charge in [-0.3, -0.25) is 9.11 Å². The van der Waals surface area contributed by atoms with Crippen molar-refractivity contribution in [1.29, 1.82) is 0 Å². The zero-order valence-corrected chi connectivity index (χ0v) is 12.4. The third kappa shape index (κ3) is 5.96. The Morgan fingerprint density at radius 1 is 1.19 bits per heavy atom. The van der Waals surface area contributed by atoms with E-state index in [1.807, 2.05) is 24.3 Å². The van der Waals surface area contributed by atoms with Crippen LogP contribution in [0.4, 0.5) is 0 Å². The van der Waals surface area contributed by atoms with Gasteiger partial charge in [0, 0.05) is 17.1 Å². The molecule has 6 nitrogen and oxygen atoms in total. The van der Waals surface area contributed by atoms with Crippen LogP contribution in [-0.4, -0.2) is 27.6 Å². The molecule has 0 aliphatic heterocycles. The number of H-pyrrole nitrogens is 1. The zero-order valence-electron chi connectivity index (χ0n) is 9.45. The fourth-order valence-corrected chi connectivity index (χ4v) is 1.06. The first-order valence-electron chi connectivity index (χ1n) is 3.83. The first-order chi connectivity index (χ1) is 6.88. The maximum atomic E-state index is 9.18. The number of nitrogens with one attached hydrogen (secondary N) is 1. The maximum absolute atomic E-state index is 9.18. The molecule has 1 aromatic heterocycles. The summed E-state index contributed by atoms with van der Waals surface area (Å²) >= 11 is 0. The minimum atomic E-state index is -4.67. The number of hydrogen-bond donors (Lipinski definition) is 4. The second-order valence-electron chi connectivity index (χ2n) is 2.67. The van der Waals surface area contributed by atoms with Crippen LogP contribution >= 0.6 is 0 Å². The van der Waals surface area contributed by atoms with E-state index in [0.717, 1.165) is 10.9 Å². The minimum Gasteiger partial charge on any atom is -1.00 e. The van der Waals surface area contributed by atoms with E-state index in [0.29, 0.717) is 5.75 Å². The Kier molecular flexibility index (Phi) is 6.75. The molecule has 0 bridgehead atoms. The molecule has 0 spiro atoms. The number of rotatable bonds is 0. The number of hydrogen-bond acceptors (Lipinski definition) is 3. The molecular weight excluding hydrogens is 261 g/mol. The normalized spacial score (nSPS) is 10.1. The Morgan fingerprint density at radius 2 is 1.69 bits per heavy atom. The summed E-state index contributed by atoms with van der Waals surface area (Å²) in [4.78, 5) is 2.94. The van der Waals surface area contributed by atoms with E-state index >= 15 is 0 Å². The Morgan fingerprint density at radius 3 is 2.19 bits per heavy atom. The van der Waals surface area contributed by atoms with Crippen LogP contribution in [0.15, 0.2) is 30.5 Å². The largest absolute Gasteiger partial charge is 1.00 e. The minimum absolute atomic E-state index is 0. The van der Waals surface area contributed by atoms with Crippen molar-refractivity contribution in [2.45, 2.75) is 0 Å². The molecule has 2 aromatic rings. The molecule has 0 unspecified atom stereocenters. The van der Waals surface area contributed by atoms with Crippen LogP contribution in [0.5, 0.6) is 5.75 Å². The quantitative estimate of drug-likeness (QED) is 0.338. The molecule has 8 heteroatoms. The van der Waals surface area contributed by atoms with Crippen molar-refractivity contribution in [1.82, 2.24) is 4.98 Å². The molecule has 1 aromatic carbocycles. The van der Waals surface area contributed by atoms with Gasteiger partial charge in [0.2, 0.25) is 0 Å². The molecule has 16 heavy (non-hydrogen) atoms. The summed E-state index contributed by atoms with van der Waals surface area (Å²) in [7, 11) is -4.67. The summed E-state index contributed by atoms with van der Waals surface area (Å²) in [5.74, 6) is 0.315. The number of aromatic hydroxyl groups is 1. The molecule has 1 heterocycles. The summed E-state index contributed by atoms with van der Waals surface area (Å²) in [5.41, 5.74) is 0.972. The molecule has 4 N–H and O–H groups in total. The van der Waals surface area contributed by atoms with Gasteiger partial charge in [0.1, 0.15) is 5.75 Å². The van der Waals surface area contributed by atoms with E-state index in [2.05, 4.69) is 4.98 Å². The molecule has 2 rings (SSSR count). The van der Waals surface area contributed by atoms with Crippen LogP contribution < -0.4 is 51.4 Å². The molecule has 0 fully saturated rings. The van der Waals surface area contributed by atoms with E-state index in [1.165, 1.54) is 0 Å². The topological polar surface area (TPSA) is 111 Å². The van der Waals surface area contributed by atoms with Crippen LogP contribution in [0.25, 0.3) is 10.9 Å². The maximum Gasteiger partial charge on any atom is 1.00 e. The zero-order chi connectivity index (χ0) is 11.5. The Bertz CT molecular complexity index is 548. The third-order valence-electron chi connectivity index (χ3n) is 1.57. The van der Waals surface area contributed by atoms with Crippen molar-refractivity contribution in [2.75, 3.05) is 0 Å². The second kappa shape index (κ2) is 6.72. The van der Waals surface area contributed by atoms with Gasteiger partial charge in [-0.05, 0) is 12.1 Å². The van der Waals surface area contributed by atoms with Crippen LogP contribution in [0, 0.1) is 0 Å². The van der Waals surface area contributed by atoms with Gasteiger partial charge in [-0.25, -0.2) is 0 Å². The van der Waals surface area contributed by atoms with E-state index in [-0.39, 0.29) is 52.8 Å². The monoisotopic (exact) mass is 271 g/mol. The van der Waals surface area contributed by atoms with Crippen molar-refractivity contribution in [2.24, 2.45) is 0 Å². The van der Waals surface area contributed by atoms with Crippen LogP contribution in [0.1, 0.15) is 1.43 Å². The van der Waals surface area contributed by atoms with Gasteiger partial charge in [0.25, 0.3) is 0 Å². The van der Waals surface area contributed by atoms with E-state index in [1.54, 1.807) is 6.20 Å². The van der Waals surface area contributed by atoms with Gasteiger partial charge in [0.15, 0.2) is 0 Å². The first kappa shape index (κ1) is 16.1. The average Bonchev–Trinajstić information content (AvgIpc) is 2.46. The predicted molar refractivity (Wildman–Crippen MR) is 55.3 cm³/mol. The van der Waals surface area contributed by atoms with Gasteiger partial charge in [-0.1, -0.05) is 12.1 Å². The molecule has 0 radical (unpaired) electrons. The molecule has 0 aliphatic rings. The molecule has 0 saturated carbocycles. The van der Waals surface area contributed by atoms with Crippen molar-refractivity contribution in [3.05, 3.63) is 30.5 Å². The van der Waals surface area contributed by atoms with Gasteiger partial charge in [-0.15, -0.1) is 0 Å². The smallest absolute Gasteiger partial charge is 1.00 e. The van der Waals surface area contributed by atoms with Crippen LogP contribution in [0.3, 0.4) is 0 Å². The number of benzene rings is 1. The summed E-state index contributed by atoms with van der Waals surface area (Å²) in [6, 6.07) is 7.63. The Labute approximate surface area is 136 Å². The van der Waals surface area contributed by atoms with Crippen LogP contribution in [0.2, 0.25) is 0 Å². The van der Waals surface area contributed by atoms with Gasteiger partial charge in [-0.2, -0.15) is 8.42 Å². The van der Waals surface area contributed by atoms with Crippen molar-refractivity contribution >= 4 is 21.3 Å². The summed E-state index contributed by atoms with van der Waals surface area (Å²) in [6.07, 6.45) is 1.59. The first-order valence-corrected chi connectivity index (χ1v) is 5.22. The Hall–Kier alpha value is 0.0664. The van der Waals surface area contributed by atoms with Crippen LogP contribution in [-0.2, 0) is 10.4 Å². The van der Waals surface area contributed by atoms with E-state index in [4.69, 9.17) is 17.5 Å². The molecule has 0 amide bonds. The average molecular weight is 271 g/mol. The standard InChI is InChI=1S/C8H7NO.K.H2O4S.H/c10-8-5-9-7-4-2-1-3-6(7)8;;1-5(2,3)4;/h1-5,9-10H;;(H2,1,2,3,4);/q;+1;;-1. The number of aromatic nitrogens is 1. The number of fused-ring (bicyclic) bond motifs is 1. The number of aromatic amines is 1. The van der Waals surface area contributed by atoms with Crippen molar-refractivity contribution < 1.29 is 75.4 Å². The molecule has 0 aliphatic carbocycles. The fraction of sp³-hybridized carbons (Fsp3) is 0. The summed E-state index contributed by atoms with van der Waals surface area (Å²) in [6.45, 7) is 0. The third-order valence-corrected chi connectivity index (χ3v) is 1.57. The predicted octanol–water partition coefficient (Wildman–Crippen LogP) is -1.66.